The van der Waals surface area contributed by atoms with Crippen LogP contribution in [0.4, 0.5) is 0 Å². The number of halogens is 1. The van der Waals surface area contributed by atoms with E-state index in [1.54, 1.807) is 55.5 Å². The highest BCUT2D eigenvalue weighted by Gasteiger charge is 2.35. The number of hydrogen-bond acceptors (Lipinski definition) is 6. The molecule has 2 amide bonds. The zero-order chi connectivity index (χ0) is 20.5. The number of esters is 1. The Morgan fingerprint density at radius 1 is 1.03 bits per heavy atom. The number of aromatic nitrogens is 1. The van der Waals surface area contributed by atoms with Gasteiger partial charge in [-0.3, -0.25) is 14.5 Å². The molecule has 1 aliphatic heterocycles. The summed E-state index contributed by atoms with van der Waals surface area (Å²) in [6.45, 7) is 1.38. The van der Waals surface area contributed by atoms with E-state index in [1.807, 2.05) is 0 Å². The van der Waals surface area contributed by atoms with Crippen molar-refractivity contribution in [3.05, 3.63) is 76.0 Å². The molecule has 1 aromatic heterocycles. The summed E-state index contributed by atoms with van der Waals surface area (Å²) in [4.78, 5) is 38.4. The van der Waals surface area contributed by atoms with Gasteiger partial charge in [0.1, 0.15) is 23.6 Å². The van der Waals surface area contributed by atoms with Crippen LogP contribution in [0.3, 0.4) is 0 Å². The molecule has 8 heteroatoms. The number of benzene rings is 2. The van der Waals surface area contributed by atoms with E-state index >= 15 is 0 Å². The lowest BCUT2D eigenvalue weighted by Gasteiger charge is -2.13. The maximum Gasteiger partial charge on any atom is 0.344 e. The molecule has 0 saturated carbocycles. The van der Waals surface area contributed by atoms with Gasteiger partial charge >= 0.3 is 5.97 Å². The number of imide groups is 1. The summed E-state index contributed by atoms with van der Waals surface area (Å²) in [6, 6.07) is 13.5. The van der Waals surface area contributed by atoms with E-state index in [9.17, 15) is 14.4 Å². The van der Waals surface area contributed by atoms with Gasteiger partial charge in [0, 0.05) is 5.56 Å². The number of ether oxygens (including phenoxy) is 1. The van der Waals surface area contributed by atoms with Crippen LogP contribution in [0.1, 0.15) is 36.8 Å². The highest BCUT2D eigenvalue weighted by Crippen LogP contribution is 2.31. The number of hydrogen-bond donors (Lipinski definition) is 0. The quantitative estimate of drug-likeness (QED) is 0.470. The van der Waals surface area contributed by atoms with Crippen LogP contribution in [0.2, 0.25) is 5.02 Å². The molecule has 0 bridgehead atoms. The molecule has 4 rings (SSSR count). The first-order valence-electron chi connectivity index (χ1n) is 8.82. The molecular weight excluding hydrogens is 396 g/mol. The summed E-state index contributed by atoms with van der Waals surface area (Å²) in [7, 11) is 0. The molecule has 0 N–H and O–H groups in total. The van der Waals surface area contributed by atoms with Crippen LogP contribution >= 0.6 is 11.6 Å². The molecule has 0 saturated heterocycles. The van der Waals surface area contributed by atoms with Crippen LogP contribution in [-0.4, -0.2) is 41.0 Å². The van der Waals surface area contributed by atoms with E-state index in [4.69, 9.17) is 20.9 Å². The molecular formula is C21H15ClN2O5. The number of nitrogens with zero attached hydrogens (tertiary/aromatic N) is 2. The topological polar surface area (TPSA) is 89.7 Å². The van der Waals surface area contributed by atoms with Gasteiger partial charge < -0.3 is 9.26 Å². The average molecular weight is 411 g/mol. The number of carbonyl (C=O) groups is 3. The Balaban J connectivity index is 1.47. The van der Waals surface area contributed by atoms with Gasteiger partial charge in [-0.15, -0.1) is 0 Å². The maximum absolute atomic E-state index is 12.6. The van der Waals surface area contributed by atoms with Crippen molar-refractivity contribution in [3.8, 4) is 11.3 Å². The lowest BCUT2D eigenvalue weighted by atomic mass is 10.1. The lowest BCUT2D eigenvalue weighted by Crippen LogP contribution is -2.33. The number of aryl methyl sites for hydroxylation is 1. The molecule has 0 spiro atoms. The van der Waals surface area contributed by atoms with Crippen molar-refractivity contribution in [1.82, 2.24) is 10.1 Å². The predicted octanol–water partition coefficient (Wildman–Crippen LogP) is 3.76. The van der Waals surface area contributed by atoms with Crippen molar-refractivity contribution in [3.63, 3.8) is 0 Å². The second-order valence-electron chi connectivity index (χ2n) is 6.39. The summed E-state index contributed by atoms with van der Waals surface area (Å²) in [5.41, 5.74) is 1.66. The summed E-state index contributed by atoms with van der Waals surface area (Å²) in [6.07, 6.45) is 0. The number of carbonyl (C=O) groups excluding carboxylic acids is 3. The first kappa shape index (κ1) is 18.9. The molecule has 0 atom stereocenters. The van der Waals surface area contributed by atoms with Gasteiger partial charge in [0.05, 0.1) is 22.7 Å². The fourth-order valence-electron chi connectivity index (χ4n) is 3.19. The Labute approximate surface area is 170 Å². The van der Waals surface area contributed by atoms with Crippen LogP contribution in [0.5, 0.6) is 0 Å². The summed E-state index contributed by atoms with van der Waals surface area (Å²) in [5.74, 6) is -1.19. The highest BCUT2D eigenvalue weighted by atomic mass is 35.5. The highest BCUT2D eigenvalue weighted by molar-refractivity contribution is 6.33. The Bertz CT molecular complexity index is 1100. The molecule has 0 unspecified atom stereocenters. The SMILES string of the molecule is Cc1onc(-c2ccccc2Cl)c1C(=O)OCCN1C(=O)c2ccccc2C1=O. The van der Waals surface area contributed by atoms with Crippen LogP contribution in [0.15, 0.2) is 53.1 Å². The van der Waals surface area contributed by atoms with E-state index in [1.165, 1.54) is 0 Å². The largest absolute Gasteiger partial charge is 0.460 e. The summed E-state index contributed by atoms with van der Waals surface area (Å²) in [5, 5.41) is 4.34. The Morgan fingerprint density at radius 2 is 1.62 bits per heavy atom. The number of amides is 2. The van der Waals surface area contributed by atoms with E-state index in [0.717, 1.165) is 4.90 Å². The molecule has 146 valence electrons. The average Bonchev–Trinajstić information content (AvgIpc) is 3.21. The van der Waals surface area contributed by atoms with E-state index in [-0.39, 0.29) is 30.2 Å². The second kappa shape index (κ2) is 7.52. The molecule has 2 heterocycles. The van der Waals surface area contributed by atoms with Crippen molar-refractivity contribution in [2.24, 2.45) is 0 Å². The third kappa shape index (κ3) is 3.30. The van der Waals surface area contributed by atoms with Crippen molar-refractivity contribution >= 4 is 29.4 Å². The lowest BCUT2D eigenvalue weighted by molar-refractivity contribution is 0.0419. The summed E-state index contributed by atoms with van der Waals surface area (Å²) < 4.78 is 10.5. The number of fused-ring (bicyclic) bond motifs is 1. The molecule has 3 aromatic rings. The van der Waals surface area contributed by atoms with E-state index in [2.05, 4.69) is 5.16 Å². The standard InChI is InChI=1S/C21H15ClN2O5/c1-12-17(18(23-29-12)15-8-4-5-9-16(15)22)21(27)28-11-10-24-19(25)13-6-2-3-7-14(13)20(24)26/h2-9H,10-11H2,1H3. The van der Waals surface area contributed by atoms with Crippen LogP contribution in [0, 0.1) is 6.92 Å². The second-order valence-corrected chi connectivity index (χ2v) is 6.79. The van der Waals surface area contributed by atoms with E-state index < -0.39 is 17.8 Å². The van der Waals surface area contributed by atoms with Crippen LogP contribution < -0.4 is 0 Å². The van der Waals surface area contributed by atoms with Crippen LogP contribution in [0.25, 0.3) is 11.3 Å². The van der Waals surface area contributed by atoms with Gasteiger partial charge in [-0.05, 0) is 25.1 Å². The zero-order valence-electron chi connectivity index (χ0n) is 15.3. The van der Waals surface area contributed by atoms with E-state index in [0.29, 0.717) is 21.7 Å². The minimum atomic E-state index is -0.671. The third-order valence-corrected chi connectivity index (χ3v) is 4.95. The predicted molar refractivity (Wildman–Crippen MR) is 104 cm³/mol. The summed E-state index contributed by atoms with van der Waals surface area (Å²) >= 11 is 6.20. The minimum absolute atomic E-state index is 0.0517. The van der Waals surface area contributed by atoms with Crippen LogP contribution in [-0.2, 0) is 4.74 Å². The molecule has 1 aliphatic rings. The van der Waals surface area contributed by atoms with Gasteiger partial charge in [-0.25, -0.2) is 4.79 Å². The molecule has 29 heavy (non-hydrogen) atoms. The number of rotatable bonds is 5. The van der Waals surface area contributed by atoms with Gasteiger partial charge in [-0.1, -0.05) is 47.1 Å². The molecule has 0 aliphatic carbocycles. The molecule has 0 radical (unpaired) electrons. The van der Waals surface area contributed by atoms with Gasteiger partial charge in [0.2, 0.25) is 0 Å². The third-order valence-electron chi connectivity index (χ3n) is 4.62. The first-order valence-corrected chi connectivity index (χ1v) is 9.20. The first-order chi connectivity index (χ1) is 14.0. The van der Waals surface area contributed by atoms with Crippen molar-refractivity contribution in [2.45, 2.75) is 6.92 Å². The monoisotopic (exact) mass is 410 g/mol. The Morgan fingerprint density at radius 3 is 2.24 bits per heavy atom. The molecule has 7 nitrogen and oxygen atoms in total. The minimum Gasteiger partial charge on any atom is -0.460 e. The van der Waals surface area contributed by atoms with Gasteiger partial charge in [0.15, 0.2) is 0 Å². The van der Waals surface area contributed by atoms with Crippen molar-refractivity contribution in [1.29, 1.82) is 0 Å². The maximum atomic E-state index is 12.6. The molecule has 2 aromatic carbocycles. The zero-order valence-corrected chi connectivity index (χ0v) is 16.1. The van der Waals surface area contributed by atoms with Crippen molar-refractivity contribution in [2.75, 3.05) is 13.2 Å². The van der Waals surface area contributed by atoms with Gasteiger partial charge in [-0.2, -0.15) is 0 Å². The van der Waals surface area contributed by atoms with Gasteiger partial charge in [0.25, 0.3) is 11.8 Å². The Hall–Kier alpha value is -3.45. The smallest absolute Gasteiger partial charge is 0.344 e. The fraction of sp³-hybridized carbons (Fsp3) is 0.143. The fourth-order valence-corrected chi connectivity index (χ4v) is 3.42. The Kier molecular flexibility index (Phi) is 4.90. The normalized spacial score (nSPS) is 13.0. The molecule has 0 fully saturated rings. The van der Waals surface area contributed by atoms with Crippen molar-refractivity contribution < 1.29 is 23.6 Å².